The maximum Gasteiger partial charge on any atom is 0.319 e. The number of anilines is 2. The van der Waals surface area contributed by atoms with Gasteiger partial charge in [-0.1, -0.05) is 17.7 Å². The number of thiophene rings is 1. The van der Waals surface area contributed by atoms with Crippen LogP contribution in [0, 0.1) is 23.0 Å². The minimum Gasteiger partial charge on any atom is -0.489 e. The van der Waals surface area contributed by atoms with Gasteiger partial charge in [0.15, 0.2) is 11.6 Å². The molecule has 3 aliphatic rings. The van der Waals surface area contributed by atoms with Gasteiger partial charge in [0, 0.05) is 37.0 Å². The highest BCUT2D eigenvalue weighted by molar-refractivity contribution is 7.23. The molecule has 3 aliphatic heterocycles. The fraction of sp³-hybridized carbons (Fsp3) is 0.469. The first-order valence-corrected chi connectivity index (χ1v) is 16.4. The lowest BCUT2D eigenvalue weighted by molar-refractivity contribution is 0.107. The molecule has 2 fully saturated rings. The third-order valence-corrected chi connectivity index (χ3v) is 10.8. The summed E-state index contributed by atoms with van der Waals surface area (Å²) < 4.78 is 59.2. The maximum absolute atomic E-state index is 17.1. The van der Waals surface area contributed by atoms with Crippen molar-refractivity contribution in [2.45, 2.75) is 43.9 Å². The third kappa shape index (κ3) is 4.89. The molecule has 242 valence electrons. The largest absolute Gasteiger partial charge is 0.489 e. The molecule has 4 aromatic rings. The Morgan fingerprint density at radius 2 is 2.09 bits per heavy atom. The number of nitrogen functional groups attached to an aromatic ring is 1. The zero-order valence-electron chi connectivity index (χ0n) is 25.7. The van der Waals surface area contributed by atoms with Crippen molar-refractivity contribution in [3.05, 3.63) is 34.4 Å². The van der Waals surface area contributed by atoms with Crippen LogP contribution in [-0.4, -0.2) is 91.0 Å². The molecule has 0 spiro atoms. The van der Waals surface area contributed by atoms with E-state index in [2.05, 4.69) is 9.88 Å². The Morgan fingerprint density at radius 3 is 2.85 bits per heavy atom. The molecular formula is C32H33ClF3N7O2S. The average Bonchev–Trinajstić information content (AvgIpc) is 3.63. The Hall–Kier alpha value is -3.57. The van der Waals surface area contributed by atoms with Gasteiger partial charge in [0.1, 0.15) is 47.6 Å². The number of ether oxygens (including phenoxy) is 2. The Labute approximate surface area is 273 Å². The fourth-order valence-corrected chi connectivity index (χ4v) is 8.46. The number of alkyl halides is 1. The number of aromatic nitrogens is 2. The summed E-state index contributed by atoms with van der Waals surface area (Å²) >= 11 is 7.92. The maximum atomic E-state index is 17.1. The number of likely N-dealkylation sites (N-methyl/N-ethyl adjacent to an activating group) is 1. The van der Waals surface area contributed by atoms with Crippen LogP contribution in [0.25, 0.3) is 32.1 Å². The highest BCUT2D eigenvalue weighted by atomic mass is 35.5. The summed E-state index contributed by atoms with van der Waals surface area (Å²) in [5.74, 6) is -0.789. The van der Waals surface area contributed by atoms with Crippen LogP contribution in [0.5, 0.6) is 11.8 Å². The van der Waals surface area contributed by atoms with Crippen LogP contribution in [0.1, 0.15) is 31.7 Å². The van der Waals surface area contributed by atoms with E-state index in [-0.39, 0.29) is 78.7 Å². The van der Waals surface area contributed by atoms with Crippen LogP contribution in [-0.2, 0) is 0 Å². The minimum atomic E-state index is -0.938. The highest BCUT2D eigenvalue weighted by Gasteiger charge is 2.49. The minimum absolute atomic E-state index is 0.0378. The normalized spacial score (nSPS) is 22.8. The first-order chi connectivity index (χ1) is 22.0. The van der Waals surface area contributed by atoms with E-state index in [0.717, 1.165) is 30.7 Å². The summed E-state index contributed by atoms with van der Waals surface area (Å²) in [5.41, 5.74) is 5.67. The topological polar surface area (TPSA) is 104 Å². The lowest BCUT2D eigenvalue weighted by atomic mass is 9.95. The molecule has 5 heterocycles. The van der Waals surface area contributed by atoms with Gasteiger partial charge < -0.3 is 25.0 Å². The van der Waals surface area contributed by atoms with Gasteiger partial charge in [0.2, 0.25) is 0 Å². The van der Waals surface area contributed by atoms with Crippen molar-refractivity contribution >= 4 is 54.7 Å². The van der Waals surface area contributed by atoms with E-state index < -0.39 is 23.3 Å². The van der Waals surface area contributed by atoms with E-state index >= 15 is 4.39 Å². The zero-order valence-corrected chi connectivity index (χ0v) is 27.2. The molecule has 0 radical (unpaired) electrons. The third-order valence-electron chi connectivity index (χ3n) is 9.43. The molecular weight excluding hydrogens is 639 g/mol. The number of fused-ring (bicyclic) bond motifs is 2. The molecule has 2 aromatic carbocycles. The van der Waals surface area contributed by atoms with E-state index in [1.165, 1.54) is 12.1 Å². The molecule has 2 saturated heterocycles. The van der Waals surface area contributed by atoms with Gasteiger partial charge in [-0.25, -0.2) is 13.2 Å². The summed E-state index contributed by atoms with van der Waals surface area (Å²) in [7, 11) is 3.92. The molecule has 0 aliphatic carbocycles. The number of rotatable bonds is 7. The summed E-state index contributed by atoms with van der Waals surface area (Å²) in [6, 6.07) is 4.38. The van der Waals surface area contributed by atoms with Crippen molar-refractivity contribution in [3.63, 3.8) is 0 Å². The van der Waals surface area contributed by atoms with Crippen molar-refractivity contribution < 1.29 is 22.6 Å². The monoisotopic (exact) mass is 671 g/mol. The van der Waals surface area contributed by atoms with Crippen LogP contribution >= 0.6 is 22.9 Å². The quantitative estimate of drug-likeness (QED) is 0.253. The number of halogens is 4. The summed E-state index contributed by atoms with van der Waals surface area (Å²) in [4.78, 5) is 15.6. The van der Waals surface area contributed by atoms with E-state index in [0.29, 0.717) is 31.9 Å². The number of nitrogens with two attached hydrogens (primary N) is 1. The van der Waals surface area contributed by atoms with Crippen LogP contribution in [0.2, 0.25) is 5.02 Å². The molecule has 0 saturated carbocycles. The van der Waals surface area contributed by atoms with Gasteiger partial charge in [-0.15, -0.1) is 11.3 Å². The van der Waals surface area contributed by atoms with Gasteiger partial charge in [0.05, 0.1) is 32.3 Å². The molecule has 0 amide bonds. The molecule has 3 atom stereocenters. The molecule has 7 rings (SSSR count). The second-order valence-electron chi connectivity index (χ2n) is 12.7. The van der Waals surface area contributed by atoms with Crippen LogP contribution in [0.15, 0.2) is 12.1 Å². The van der Waals surface area contributed by atoms with E-state index in [1.54, 1.807) is 0 Å². The van der Waals surface area contributed by atoms with Crippen molar-refractivity contribution in [3.8, 4) is 29.0 Å². The average molecular weight is 672 g/mol. The lowest BCUT2D eigenvalue weighted by Crippen LogP contribution is -2.43. The summed E-state index contributed by atoms with van der Waals surface area (Å²) in [6.45, 7) is 4.74. The molecule has 2 N–H and O–H groups in total. The van der Waals surface area contributed by atoms with Crippen LogP contribution in [0.3, 0.4) is 0 Å². The van der Waals surface area contributed by atoms with Gasteiger partial charge in [-0.3, -0.25) is 4.90 Å². The lowest BCUT2D eigenvalue weighted by Gasteiger charge is -2.32. The summed E-state index contributed by atoms with van der Waals surface area (Å²) in [6.07, 6.45) is 1.15. The Kier molecular flexibility index (Phi) is 7.83. The molecule has 9 nitrogen and oxygen atoms in total. The fourth-order valence-electron chi connectivity index (χ4n) is 7.17. The number of nitriles is 1. The van der Waals surface area contributed by atoms with E-state index in [1.807, 2.05) is 36.9 Å². The van der Waals surface area contributed by atoms with Crippen LogP contribution < -0.4 is 20.1 Å². The number of hydrogen-bond acceptors (Lipinski definition) is 10. The molecule has 46 heavy (non-hydrogen) atoms. The Balaban J connectivity index is 1.45. The van der Waals surface area contributed by atoms with Crippen molar-refractivity contribution in [2.75, 3.05) is 64.1 Å². The second kappa shape index (κ2) is 11.6. The number of benzene rings is 2. The SMILES string of the molecule is C[C@H]1COc2c(Cl)c(-c3ccc(F)c4sc(N)c(C#N)c34)c(F)c3nc(OC[C@@]45CCCN4C[C@H](F)C5)nc(c23)N1CCN(C)C. The van der Waals surface area contributed by atoms with Crippen molar-refractivity contribution in [2.24, 2.45) is 0 Å². The summed E-state index contributed by atoms with van der Waals surface area (Å²) in [5, 5.41) is 10.4. The van der Waals surface area contributed by atoms with Gasteiger partial charge >= 0.3 is 6.01 Å². The number of nitrogens with zero attached hydrogens (tertiary/aromatic N) is 6. The Morgan fingerprint density at radius 1 is 1.28 bits per heavy atom. The molecule has 14 heteroatoms. The van der Waals surface area contributed by atoms with Crippen molar-refractivity contribution in [1.29, 1.82) is 5.26 Å². The first-order valence-electron chi connectivity index (χ1n) is 15.2. The van der Waals surface area contributed by atoms with E-state index in [4.69, 9.17) is 31.8 Å². The highest BCUT2D eigenvalue weighted by Crippen LogP contribution is 2.51. The van der Waals surface area contributed by atoms with Gasteiger partial charge in [0.25, 0.3) is 0 Å². The molecule has 0 bridgehead atoms. The zero-order chi connectivity index (χ0) is 32.5. The van der Waals surface area contributed by atoms with Gasteiger partial charge in [-0.05, 0) is 52.0 Å². The second-order valence-corrected chi connectivity index (χ2v) is 14.1. The van der Waals surface area contributed by atoms with Gasteiger partial charge in [-0.2, -0.15) is 15.2 Å². The molecule has 0 unspecified atom stereocenters. The Bertz CT molecular complexity index is 1920. The number of hydrogen-bond donors (Lipinski definition) is 1. The first kappa shape index (κ1) is 31.1. The van der Waals surface area contributed by atoms with E-state index in [9.17, 15) is 14.0 Å². The predicted octanol–water partition coefficient (Wildman–Crippen LogP) is 6.00. The molecule has 2 aromatic heterocycles. The smallest absolute Gasteiger partial charge is 0.319 e. The van der Waals surface area contributed by atoms with Crippen molar-refractivity contribution in [1.82, 2.24) is 19.8 Å². The predicted molar refractivity (Wildman–Crippen MR) is 174 cm³/mol. The van der Waals surface area contributed by atoms with Crippen LogP contribution in [0.4, 0.5) is 24.0 Å². The standard InChI is InChI=1S/C32H33ClF3N7O2S/c1-16-14-44-27-23-26(25(36)22(24(27)33)18-5-6-20(35)28-21(18)19(12-37)29(38)46-28)39-31(40-30(23)43(16)10-9-41(2)3)45-15-32-7-4-8-42(32)13-17(34)11-32/h5-6,16-17H,4,7-11,13-15,38H2,1-3H3/t16-,17+,32-/m0/s1.